The van der Waals surface area contributed by atoms with Gasteiger partial charge in [0.15, 0.2) is 0 Å². The lowest BCUT2D eigenvalue weighted by Crippen LogP contribution is -2.48. The van der Waals surface area contributed by atoms with Gasteiger partial charge in [-0.3, -0.25) is 9.69 Å². The minimum atomic E-state index is -0.135. The molecule has 0 aliphatic carbocycles. The maximum atomic E-state index is 13.0. The molecule has 3 heterocycles. The Morgan fingerprint density at radius 3 is 2.58 bits per heavy atom. The molecule has 8 heteroatoms. The molecule has 3 amide bonds. The molecule has 4 rings (SSSR count). The van der Waals surface area contributed by atoms with E-state index in [4.69, 9.17) is 11.6 Å². The van der Waals surface area contributed by atoms with Gasteiger partial charge in [-0.25, -0.2) is 4.79 Å². The first-order valence-electron chi connectivity index (χ1n) is 8.91. The first-order chi connectivity index (χ1) is 12.0. The first kappa shape index (κ1) is 19.3. The quantitative estimate of drug-likeness (QED) is 0.822. The number of nitrogens with one attached hydrogen (secondary N) is 2. The summed E-state index contributed by atoms with van der Waals surface area (Å²) in [5.74, 6) is -0.0715. The van der Waals surface area contributed by atoms with Crippen molar-refractivity contribution >= 4 is 41.6 Å². The predicted molar refractivity (Wildman–Crippen MR) is 105 cm³/mol. The third-order valence-corrected chi connectivity index (χ3v) is 5.99. The van der Waals surface area contributed by atoms with Crippen molar-refractivity contribution in [2.45, 2.75) is 43.8 Å². The highest BCUT2D eigenvalue weighted by atomic mass is 35.5. The Morgan fingerprint density at radius 2 is 1.96 bits per heavy atom. The van der Waals surface area contributed by atoms with Gasteiger partial charge in [0.1, 0.15) is 0 Å². The average molecular weight is 399 g/mol. The average Bonchev–Trinajstić information content (AvgIpc) is 3.19. The Labute approximate surface area is 164 Å². The predicted octanol–water partition coefficient (Wildman–Crippen LogP) is 2.65. The number of amides is 3. The molecule has 2 bridgehead atoms. The van der Waals surface area contributed by atoms with Crippen LogP contribution in [0.5, 0.6) is 0 Å². The summed E-state index contributed by atoms with van der Waals surface area (Å²) in [6.45, 7) is 1.21. The number of anilines is 1. The fraction of sp³-hybridized carbons (Fsp3) is 0.556. The summed E-state index contributed by atoms with van der Waals surface area (Å²) in [6.07, 6.45) is 4.38. The van der Waals surface area contributed by atoms with Crippen molar-refractivity contribution in [3.63, 3.8) is 0 Å². The Hall–Kier alpha value is -1.50. The minimum Gasteiger partial charge on any atom is -0.339 e. The van der Waals surface area contributed by atoms with Crippen LogP contribution < -0.4 is 15.5 Å². The van der Waals surface area contributed by atoms with Crippen molar-refractivity contribution in [3.05, 3.63) is 28.8 Å². The molecule has 2 N–H and O–H groups in total. The molecule has 0 radical (unpaired) electrons. The second-order valence-corrected chi connectivity index (χ2v) is 7.63. The molecule has 6 nitrogen and oxygen atoms in total. The number of hydrogen-bond acceptors (Lipinski definition) is 3. The van der Waals surface area contributed by atoms with Crippen molar-refractivity contribution in [1.29, 1.82) is 0 Å². The van der Waals surface area contributed by atoms with Gasteiger partial charge >= 0.3 is 6.03 Å². The first-order valence-corrected chi connectivity index (χ1v) is 9.29. The lowest BCUT2D eigenvalue weighted by Gasteiger charge is -2.35. The van der Waals surface area contributed by atoms with E-state index in [1.165, 1.54) is 12.8 Å². The molecule has 26 heavy (non-hydrogen) atoms. The van der Waals surface area contributed by atoms with Gasteiger partial charge in [-0.2, -0.15) is 0 Å². The van der Waals surface area contributed by atoms with E-state index < -0.39 is 0 Å². The van der Waals surface area contributed by atoms with Crippen LogP contribution in [0.3, 0.4) is 0 Å². The Morgan fingerprint density at radius 1 is 1.27 bits per heavy atom. The van der Waals surface area contributed by atoms with Crippen molar-refractivity contribution in [3.8, 4) is 0 Å². The van der Waals surface area contributed by atoms with Crippen LogP contribution in [0, 0.1) is 0 Å². The van der Waals surface area contributed by atoms with E-state index >= 15 is 0 Å². The Balaban J connectivity index is 0.00000196. The zero-order valence-corrected chi connectivity index (χ0v) is 16.3. The third kappa shape index (κ3) is 3.50. The van der Waals surface area contributed by atoms with Gasteiger partial charge in [0.2, 0.25) is 0 Å². The fourth-order valence-electron chi connectivity index (χ4n) is 4.26. The Bertz CT molecular complexity index is 702. The summed E-state index contributed by atoms with van der Waals surface area (Å²) in [5.41, 5.74) is 1.17. The fourth-order valence-corrected chi connectivity index (χ4v) is 4.46. The van der Waals surface area contributed by atoms with Crippen molar-refractivity contribution < 1.29 is 9.59 Å². The topological polar surface area (TPSA) is 64.7 Å². The van der Waals surface area contributed by atoms with Crippen molar-refractivity contribution in [1.82, 2.24) is 15.5 Å². The number of rotatable bonds is 3. The van der Waals surface area contributed by atoms with Gasteiger partial charge < -0.3 is 15.5 Å². The lowest BCUT2D eigenvalue weighted by molar-refractivity contribution is 0.0682. The van der Waals surface area contributed by atoms with Crippen LogP contribution in [0.25, 0.3) is 0 Å². The maximum Gasteiger partial charge on any atom is 0.321 e. The summed E-state index contributed by atoms with van der Waals surface area (Å²) in [5, 5.41) is 6.80. The van der Waals surface area contributed by atoms with E-state index in [1.807, 2.05) is 11.9 Å². The number of urea groups is 1. The highest BCUT2D eigenvalue weighted by Gasteiger charge is 2.37. The van der Waals surface area contributed by atoms with E-state index in [2.05, 4.69) is 10.6 Å². The second-order valence-electron chi connectivity index (χ2n) is 7.23. The molecule has 0 spiro atoms. The summed E-state index contributed by atoms with van der Waals surface area (Å²) in [4.78, 5) is 28.4. The van der Waals surface area contributed by atoms with Crippen molar-refractivity contribution in [2.75, 3.05) is 25.0 Å². The molecule has 1 aromatic carbocycles. The smallest absolute Gasteiger partial charge is 0.321 e. The van der Waals surface area contributed by atoms with Gasteiger partial charge in [-0.1, -0.05) is 11.6 Å². The second kappa shape index (κ2) is 7.62. The zero-order valence-electron chi connectivity index (χ0n) is 14.7. The van der Waals surface area contributed by atoms with E-state index in [0.29, 0.717) is 41.4 Å². The highest BCUT2D eigenvalue weighted by Crippen LogP contribution is 2.31. The summed E-state index contributed by atoms with van der Waals surface area (Å²) in [6, 6.07) is 6.37. The highest BCUT2D eigenvalue weighted by molar-refractivity contribution is 6.34. The third-order valence-electron chi connectivity index (χ3n) is 5.67. The van der Waals surface area contributed by atoms with Gasteiger partial charge in [-0.15, -0.1) is 12.4 Å². The van der Waals surface area contributed by atoms with Crippen LogP contribution in [0.1, 0.15) is 36.0 Å². The van der Waals surface area contributed by atoms with Gasteiger partial charge in [0.05, 0.1) is 10.6 Å². The van der Waals surface area contributed by atoms with Crippen LogP contribution >= 0.6 is 24.0 Å². The van der Waals surface area contributed by atoms with Gasteiger partial charge in [-0.05, 0) is 43.9 Å². The SMILES string of the molecule is CN(C(=O)c1cc(N2CCNC2=O)ccc1Cl)C1CC2CCC(C1)N2.Cl. The number of nitrogens with zero attached hydrogens (tertiary/aromatic N) is 2. The summed E-state index contributed by atoms with van der Waals surface area (Å²) >= 11 is 6.31. The zero-order chi connectivity index (χ0) is 17.6. The largest absolute Gasteiger partial charge is 0.339 e. The molecular formula is C18H24Cl2N4O2. The summed E-state index contributed by atoms with van der Waals surface area (Å²) < 4.78 is 0. The number of benzene rings is 1. The minimum absolute atomic E-state index is 0. The van der Waals surface area contributed by atoms with Crippen LogP contribution in [-0.2, 0) is 0 Å². The van der Waals surface area contributed by atoms with Crippen LogP contribution in [-0.4, -0.2) is 55.1 Å². The number of piperidine rings is 1. The van der Waals surface area contributed by atoms with Crippen LogP contribution in [0.15, 0.2) is 18.2 Å². The van der Waals surface area contributed by atoms with Crippen LogP contribution in [0.4, 0.5) is 10.5 Å². The molecule has 0 aromatic heterocycles. The molecule has 2 unspecified atom stereocenters. The molecule has 142 valence electrons. The summed E-state index contributed by atoms with van der Waals surface area (Å²) in [7, 11) is 1.86. The molecule has 2 atom stereocenters. The number of hydrogen-bond donors (Lipinski definition) is 2. The molecule has 0 saturated carbocycles. The number of carbonyl (C=O) groups is 2. The monoisotopic (exact) mass is 398 g/mol. The lowest BCUT2D eigenvalue weighted by atomic mass is 9.98. The maximum absolute atomic E-state index is 13.0. The van der Waals surface area contributed by atoms with Crippen molar-refractivity contribution in [2.24, 2.45) is 0 Å². The molecule has 1 aromatic rings. The Kier molecular flexibility index (Phi) is 5.65. The van der Waals surface area contributed by atoms with Gasteiger partial charge in [0, 0.05) is 44.0 Å². The van der Waals surface area contributed by atoms with Gasteiger partial charge in [0.25, 0.3) is 5.91 Å². The van der Waals surface area contributed by atoms with Crippen LogP contribution in [0.2, 0.25) is 5.02 Å². The number of carbonyl (C=O) groups excluding carboxylic acids is 2. The normalized spacial score (nSPS) is 27.1. The molecule has 3 aliphatic heterocycles. The molecule has 3 aliphatic rings. The van der Waals surface area contributed by atoms with E-state index in [1.54, 1.807) is 23.1 Å². The molecule has 3 fully saturated rings. The van der Waals surface area contributed by atoms with E-state index in [-0.39, 0.29) is 30.4 Å². The molecule has 3 saturated heterocycles. The number of fused-ring (bicyclic) bond motifs is 2. The number of halogens is 2. The molecular weight excluding hydrogens is 375 g/mol. The van der Waals surface area contributed by atoms with E-state index in [9.17, 15) is 9.59 Å². The standard InChI is InChI=1S/C18H23ClN4O2.ClH/c1-22(14-8-11-2-3-12(9-14)21-11)17(24)15-10-13(4-5-16(15)19)23-7-6-20-18(23)25;/h4-5,10-12,14,21H,2-3,6-9H2,1H3,(H,20,25);1H. The van der Waals surface area contributed by atoms with E-state index in [0.717, 1.165) is 12.8 Å².